The highest BCUT2D eigenvalue weighted by molar-refractivity contribution is 6.19. The monoisotopic (exact) mass is 561 g/mol. The Morgan fingerprint density at radius 3 is 1.80 bits per heavy atom. The van der Waals surface area contributed by atoms with Gasteiger partial charge in [0.15, 0.2) is 5.58 Å². The van der Waals surface area contributed by atoms with Gasteiger partial charge in [0.05, 0.1) is 5.69 Å². The molecule has 2 heteroatoms. The van der Waals surface area contributed by atoms with E-state index in [9.17, 15) is 0 Å². The fraction of sp³-hybridized carbons (Fsp3) is 0. The van der Waals surface area contributed by atoms with Crippen LogP contribution in [0.4, 0.5) is 17.1 Å². The second-order valence-electron chi connectivity index (χ2n) is 11.4. The molecule has 206 valence electrons. The van der Waals surface area contributed by atoms with Gasteiger partial charge in [0.1, 0.15) is 5.58 Å². The minimum absolute atomic E-state index is 0.885. The molecule has 0 aliphatic heterocycles. The van der Waals surface area contributed by atoms with Gasteiger partial charge in [-0.25, -0.2) is 0 Å². The minimum atomic E-state index is 0.885. The van der Waals surface area contributed by atoms with E-state index in [-0.39, 0.29) is 0 Å². The van der Waals surface area contributed by atoms with Gasteiger partial charge in [-0.3, -0.25) is 0 Å². The molecule has 0 saturated heterocycles. The summed E-state index contributed by atoms with van der Waals surface area (Å²) in [5.74, 6) is 0. The SMILES string of the molecule is c1ccc(-c2ccc(N(c3ccc4c(ccc5ccccc54)c3)c3c4ccccc4cc4c3oc3ccccc34)cc2)cc1. The van der Waals surface area contributed by atoms with Gasteiger partial charge in [0.2, 0.25) is 0 Å². The van der Waals surface area contributed by atoms with E-state index in [1.165, 1.54) is 38.1 Å². The molecule has 44 heavy (non-hydrogen) atoms. The predicted octanol–water partition coefficient (Wildman–Crippen LogP) is 12.2. The average molecular weight is 562 g/mol. The first-order valence-electron chi connectivity index (χ1n) is 15.0. The summed E-state index contributed by atoms with van der Waals surface area (Å²) in [5.41, 5.74) is 7.36. The molecule has 2 nitrogen and oxygen atoms in total. The van der Waals surface area contributed by atoms with Gasteiger partial charge in [-0.1, -0.05) is 127 Å². The van der Waals surface area contributed by atoms with E-state index >= 15 is 0 Å². The molecule has 0 aliphatic rings. The van der Waals surface area contributed by atoms with Crippen LogP contribution in [0.2, 0.25) is 0 Å². The Bertz CT molecular complexity index is 2490. The summed E-state index contributed by atoms with van der Waals surface area (Å²) in [6, 6.07) is 58.5. The van der Waals surface area contributed by atoms with E-state index in [0.717, 1.165) is 44.4 Å². The Labute approximate surface area is 255 Å². The van der Waals surface area contributed by atoms with Gasteiger partial charge in [0, 0.05) is 27.5 Å². The fourth-order valence-electron chi connectivity index (χ4n) is 6.70. The van der Waals surface area contributed by atoms with Crippen LogP contribution in [-0.2, 0) is 0 Å². The minimum Gasteiger partial charge on any atom is -0.454 e. The molecule has 0 radical (unpaired) electrons. The molecule has 9 rings (SSSR count). The molecule has 1 aromatic heterocycles. The number of para-hydroxylation sites is 1. The van der Waals surface area contributed by atoms with Crippen LogP contribution in [0, 0.1) is 0 Å². The largest absolute Gasteiger partial charge is 0.454 e. The lowest BCUT2D eigenvalue weighted by molar-refractivity contribution is 0.669. The van der Waals surface area contributed by atoms with Crippen molar-refractivity contribution in [3.63, 3.8) is 0 Å². The number of nitrogens with zero attached hydrogens (tertiary/aromatic N) is 1. The third-order valence-electron chi connectivity index (χ3n) is 8.81. The second kappa shape index (κ2) is 9.86. The topological polar surface area (TPSA) is 16.4 Å². The second-order valence-corrected chi connectivity index (χ2v) is 11.4. The highest BCUT2D eigenvalue weighted by Crippen LogP contribution is 2.47. The normalized spacial score (nSPS) is 11.6. The van der Waals surface area contributed by atoms with Crippen molar-refractivity contribution in [1.82, 2.24) is 0 Å². The molecule has 0 fully saturated rings. The van der Waals surface area contributed by atoms with E-state index in [1.54, 1.807) is 0 Å². The zero-order valence-corrected chi connectivity index (χ0v) is 23.9. The fourth-order valence-corrected chi connectivity index (χ4v) is 6.70. The standard InChI is InChI=1S/C42H27NO/c1-2-10-28(11-3-1)29-20-22-33(23-21-29)43(34-24-25-36-32(26-34)19-18-30-12-4-6-14-35(30)36)41-37-15-7-5-13-31(37)27-39-38-16-8-9-17-40(38)44-42(39)41/h1-27H. The third kappa shape index (κ3) is 3.89. The van der Waals surface area contributed by atoms with E-state index in [0.29, 0.717) is 0 Å². The van der Waals surface area contributed by atoms with Gasteiger partial charge in [-0.05, 0) is 74.5 Å². The number of hydrogen-bond donors (Lipinski definition) is 0. The predicted molar refractivity (Wildman–Crippen MR) is 186 cm³/mol. The van der Waals surface area contributed by atoms with Crippen molar-refractivity contribution in [2.24, 2.45) is 0 Å². The van der Waals surface area contributed by atoms with Crippen LogP contribution in [0.3, 0.4) is 0 Å². The summed E-state index contributed by atoms with van der Waals surface area (Å²) in [5, 5.41) is 9.53. The molecule has 0 spiro atoms. The van der Waals surface area contributed by atoms with E-state index in [4.69, 9.17) is 4.42 Å². The summed E-state index contributed by atoms with van der Waals surface area (Å²) in [7, 11) is 0. The first kappa shape index (κ1) is 24.7. The molecule has 0 unspecified atom stereocenters. The third-order valence-corrected chi connectivity index (χ3v) is 8.81. The first-order valence-corrected chi connectivity index (χ1v) is 15.0. The number of anilines is 3. The molecule has 8 aromatic carbocycles. The Morgan fingerprint density at radius 1 is 0.364 bits per heavy atom. The van der Waals surface area contributed by atoms with Gasteiger partial charge in [-0.15, -0.1) is 0 Å². The molecule has 1 heterocycles. The Hall–Kier alpha value is -5.86. The first-order chi connectivity index (χ1) is 21.8. The maximum atomic E-state index is 6.71. The van der Waals surface area contributed by atoms with Crippen molar-refractivity contribution in [1.29, 1.82) is 0 Å². The van der Waals surface area contributed by atoms with Gasteiger partial charge < -0.3 is 9.32 Å². The summed E-state index contributed by atoms with van der Waals surface area (Å²) in [6.45, 7) is 0. The van der Waals surface area contributed by atoms with Crippen LogP contribution in [0.25, 0.3) is 65.4 Å². The smallest absolute Gasteiger partial charge is 0.160 e. The van der Waals surface area contributed by atoms with E-state index in [1.807, 2.05) is 6.07 Å². The summed E-state index contributed by atoms with van der Waals surface area (Å²) in [4.78, 5) is 2.37. The highest BCUT2D eigenvalue weighted by atomic mass is 16.3. The van der Waals surface area contributed by atoms with Gasteiger partial charge in [0.25, 0.3) is 0 Å². The van der Waals surface area contributed by atoms with Crippen molar-refractivity contribution < 1.29 is 4.42 Å². The lowest BCUT2D eigenvalue weighted by Gasteiger charge is -2.27. The van der Waals surface area contributed by atoms with Crippen LogP contribution in [-0.4, -0.2) is 0 Å². The zero-order valence-electron chi connectivity index (χ0n) is 23.9. The van der Waals surface area contributed by atoms with E-state index in [2.05, 4.69) is 163 Å². The molecule has 0 aliphatic carbocycles. The van der Waals surface area contributed by atoms with Crippen molar-refractivity contribution in [3.05, 3.63) is 164 Å². The maximum absolute atomic E-state index is 6.71. The summed E-state index contributed by atoms with van der Waals surface area (Å²) in [6.07, 6.45) is 0. The Morgan fingerprint density at radius 2 is 0.955 bits per heavy atom. The molecular weight excluding hydrogens is 534 g/mol. The quantitative estimate of drug-likeness (QED) is 0.199. The van der Waals surface area contributed by atoms with Gasteiger partial charge >= 0.3 is 0 Å². The van der Waals surface area contributed by atoms with Crippen molar-refractivity contribution in [3.8, 4) is 11.1 Å². The Balaban J connectivity index is 1.35. The van der Waals surface area contributed by atoms with Gasteiger partial charge in [-0.2, -0.15) is 0 Å². The maximum Gasteiger partial charge on any atom is 0.160 e. The number of rotatable bonds is 4. The summed E-state index contributed by atoms with van der Waals surface area (Å²) < 4.78 is 6.71. The molecular formula is C42H27NO. The number of furan rings is 1. The van der Waals surface area contributed by atoms with Crippen LogP contribution in [0.5, 0.6) is 0 Å². The zero-order chi connectivity index (χ0) is 29.0. The van der Waals surface area contributed by atoms with Crippen LogP contribution in [0.1, 0.15) is 0 Å². The number of hydrogen-bond acceptors (Lipinski definition) is 2. The van der Waals surface area contributed by atoms with E-state index < -0.39 is 0 Å². The molecule has 9 aromatic rings. The lowest BCUT2D eigenvalue weighted by Crippen LogP contribution is -2.11. The summed E-state index contributed by atoms with van der Waals surface area (Å²) >= 11 is 0. The number of fused-ring (bicyclic) bond motifs is 7. The van der Waals surface area contributed by atoms with Crippen molar-refractivity contribution in [2.45, 2.75) is 0 Å². The van der Waals surface area contributed by atoms with Crippen LogP contribution >= 0.6 is 0 Å². The lowest BCUT2D eigenvalue weighted by atomic mass is 9.99. The average Bonchev–Trinajstić information content (AvgIpc) is 3.47. The number of benzene rings is 8. The van der Waals surface area contributed by atoms with Crippen LogP contribution in [0.15, 0.2) is 168 Å². The molecule has 0 saturated carbocycles. The molecule has 0 N–H and O–H groups in total. The molecule has 0 atom stereocenters. The van der Waals surface area contributed by atoms with Crippen molar-refractivity contribution >= 4 is 71.3 Å². The Kier molecular flexibility index (Phi) is 5.54. The molecule has 0 bridgehead atoms. The van der Waals surface area contributed by atoms with Crippen LogP contribution < -0.4 is 4.90 Å². The van der Waals surface area contributed by atoms with Crippen molar-refractivity contribution in [2.75, 3.05) is 4.90 Å². The molecule has 0 amide bonds. The highest BCUT2D eigenvalue weighted by Gasteiger charge is 2.23.